The van der Waals surface area contributed by atoms with E-state index in [0.717, 1.165) is 57.1 Å². The zero-order chi connectivity index (χ0) is 18.9. The van der Waals surface area contributed by atoms with Crippen molar-refractivity contribution in [3.8, 4) is 17.6 Å². The van der Waals surface area contributed by atoms with Crippen molar-refractivity contribution in [2.45, 2.75) is 31.8 Å². The van der Waals surface area contributed by atoms with Crippen molar-refractivity contribution < 1.29 is 14.3 Å². The average molecular weight is 370 g/mol. The number of fused-ring (bicyclic) bond motifs is 1. The molecule has 1 saturated carbocycles. The van der Waals surface area contributed by atoms with Gasteiger partial charge in [-0.1, -0.05) is 6.07 Å². The number of carbonyl (C=O) groups excluding carboxylic acids is 1. The van der Waals surface area contributed by atoms with Gasteiger partial charge in [-0.25, -0.2) is 0 Å². The van der Waals surface area contributed by atoms with Gasteiger partial charge in [-0.2, -0.15) is 5.26 Å². The van der Waals surface area contributed by atoms with Crippen molar-refractivity contribution in [1.82, 2.24) is 15.1 Å². The van der Waals surface area contributed by atoms with Crippen LogP contribution >= 0.6 is 0 Å². The molecule has 1 aliphatic carbocycles. The number of carbonyl (C=O) groups is 1. The van der Waals surface area contributed by atoms with Gasteiger partial charge in [0, 0.05) is 32.7 Å². The second-order valence-electron chi connectivity index (χ2n) is 7.88. The number of ether oxygens (including phenoxy) is 2. The Balaban J connectivity index is 1.23. The summed E-state index contributed by atoms with van der Waals surface area (Å²) in [6, 6.07) is 8.37. The van der Waals surface area contributed by atoms with Crippen LogP contribution in [0.25, 0.3) is 0 Å². The van der Waals surface area contributed by atoms with E-state index in [1.165, 1.54) is 5.56 Å². The number of rotatable bonds is 6. The van der Waals surface area contributed by atoms with Crippen LogP contribution in [0.4, 0.5) is 0 Å². The van der Waals surface area contributed by atoms with Crippen LogP contribution < -0.4 is 14.8 Å². The Labute approximate surface area is 159 Å². The second-order valence-corrected chi connectivity index (χ2v) is 7.88. The summed E-state index contributed by atoms with van der Waals surface area (Å²) in [7, 11) is 0. The molecule has 2 heterocycles. The summed E-state index contributed by atoms with van der Waals surface area (Å²) in [4.78, 5) is 16.9. The molecule has 4 rings (SSSR count). The zero-order valence-corrected chi connectivity index (χ0v) is 15.7. The van der Waals surface area contributed by atoms with Crippen LogP contribution in [0.2, 0.25) is 0 Å². The van der Waals surface area contributed by atoms with E-state index in [-0.39, 0.29) is 5.91 Å². The van der Waals surface area contributed by atoms with Gasteiger partial charge in [0.25, 0.3) is 0 Å². The normalized spacial score (nSPS) is 22.1. The summed E-state index contributed by atoms with van der Waals surface area (Å²) in [5, 5.41) is 12.3. The van der Waals surface area contributed by atoms with E-state index in [4.69, 9.17) is 9.47 Å². The highest BCUT2D eigenvalue weighted by Gasteiger charge is 2.43. The van der Waals surface area contributed by atoms with Crippen molar-refractivity contribution in [1.29, 1.82) is 5.26 Å². The molecule has 1 aromatic carbocycles. The second kappa shape index (κ2) is 7.37. The molecule has 2 aliphatic heterocycles. The van der Waals surface area contributed by atoms with Crippen LogP contribution in [0.1, 0.15) is 25.3 Å². The molecule has 1 N–H and O–H groups in total. The number of nitriles is 1. The fourth-order valence-electron chi connectivity index (χ4n) is 3.82. The Morgan fingerprint density at radius 1 is 1.22 bits per heavy atom. The Hall–Kier alpha value is -2.30. The molecule has 0 bridgehead atoms. The van der Waals surface area contributed by atoms with Crippen LogP contribution in [0, 0.1) is 17.2 Å². The number of benzene rings is 1. The average Bonchev–Trinajstić information content (AvgIpc) is 3.42. The van der Waals surface area contributed by atoms with Gasteiger partial charge < -0.3 is 14.8 Å². The molecule has 2 fully saturated rings. The maximum absolute atomic E-state index is 12.4. The van der Waals surface area contributed by atoms with Gasteiger partial charge in [-0.3, -0.25) is 14.6 Å². The van der Waals surface area contributed by atoms with Gasteiger partial charge in [-0.15, -0.1) is 0 Å². The van der Waals surface area contributed by atoms with Crippen LogP contribution in [0.15, 0.2) is 18.2 Å². The third-order valence-electron chi connectivity index (χ3n) is 5.70. The lowest BCUT2D eigenvalue weighted by atomic mass is 9.98. The summed E-state index contributed by atoms with van der Waals surface area (Å²) in [6.07, 6.45) is 2.06. The lowest BCUT2D eigenvalue weighted by molar-refractivity contribution is -0.124. The minimum Gasteiger partial charge on any atom is -0.454 e. The Bertz CT molecular complexity index is 750. The first-order valence-electron chi connectivity index (χ1n) is 9.61. The molecule has 1 amide bonds. The first-order valence-corrected chi connectivity index (χ1v) is 9.61. The highest BCUT2D eigenvalue weighted by molar-refractivity contribution is 5.79. The quantitative estimate of drug-likeness (QED) is 0.814. The number of amides is 1. The minimum atomic E-state index is -0.710. The van der Waals surface area contributed by atoms with Crippen LogP contribution in [0.5, 0.6) is 11.5 Å². The lowest BCUT2D eigenvalue weighted by Gasteiger charge is -2.35. The van der Waals surface area contributed by atoms with Gasteiger partial charge in [0.1, 0.15) is 5.54 Å². The number of hydrogen-bond donors (Lipinski definition) is 1. The molecule has 3 aliphatic rings. The summed E-state index contributed by atoms with van der Waals surface area (Å²) in [6.45, 7) is 6.90. The topological polar surface area (TPSA) is 77.8 Å². The SMILES string of the molecule is C[C@](C#N)(NC(=O)CN1CCN(Cc2ccc3c(c2)OCO3)CC1)C1CC1. The summed E-state index contributed by atoms with van der Waals surface area (Å²) in [5.41, 5.74) is 0.498. The predicted octanol–water partition coefficient (Wildman–Crippen LogP) is 1.34. The molecule has 1 atom stereocenters. The van der Waals surface area contributed by atoms with E-state index in [1.807, 2.05) is 19.1 Å². The van der Waals surface area contributed by atoms with E-state index >= 15 is 0 Å². The minimum absolute atomic E-state index is 0.0461. The third-order valence-corrected chi connectivity index (χ3v) is 5.70. The van der Waals surface area contributed by atoms with Crippen molar-refractivity contribution in [3.05, 3.63) is 23.8 Å². The molecule has 7 heteroatoms. The first kappa shape index (κ1) is 18.1. The van der Waals surface area contributed by atoms with E-state index in [1.54, 1.807) is 0 Å². The van der Waals surface area contributed by atoms with Crippen molar-refractivity contribution >= 4 is 5.91 Å². The molecular formula is C20H26N4O3. The van der Waals surface area contributed by atoms with Crippen molar-refractivity contribution in [2.75, 3.05) is 39.5 Å². The molecular weight excluding hydrogens is 344 g/mol. The Kier molecular flexibility index (Phi) is 4.94. The summed E-state index contributed by atoms with van der Waals surface area (Å²) >= 11 is 0. The van der Waals surface area contributed by atoms with Crippen molar-refractivity contribution in [3.63, 3.8) is 0 Å². The largest absolute Gasteiger partial charge is 0.454 e. The number of nitrogens with one attached hydrogen (secondary N) is 1. The van der Waals surface area contributed by atoms with Crippen LogP contribution in [0.3, 0.4) is 0 Å². The van der Waals surface area contributed by atoms with E-state index < -0.39 is 5.54 Å². The van der Waals surface area contributed by atoms with E-state index in [2.05, 4.69) is 27.3 Å². The molecule has 7 nitrogen and oxygen atoms in total. The highest BCUT2D eigenvalue weighted by atomic mass is 16.7. The number of hydrogen-bond acceptors (Lipinski definition) is 6. The number of piperazine rings is 1. The van der Waals surface area contributed by atoms with Gasteiger partial charge in [0.15, 0.2) is 11.5 Å². The molecule has 0 aromatic heterocycles. The van der Waals surface area contributed by atoms with E-state index in [0.29, 0.717) is 19.3 Å². The van der Waals surface area contributed by atoms with Crippen molar-refractivity contribution in [2.24, 2.45) is 5.92 Å². The molecule has 1 aromatic rings. The van der Waals surface area contributed by atoms with Gasteiger partial charge in [0.2, 0.25) is 12.7 Å². The molecule has 144 valence electrons. The first-order chi connectivity index (χ1) is 13.1. The standard InChI is InChI=1S/C20H26N4O3/c1-20(13-21,16-3-4-16)22-19(25)12-24-8-6-23(7-9-24)11-15-2-5-17-18(10-15)27-14-26-17/h2,5,10,16H,3-4,6-9,11-12,14H2,1H3,(H,22,25)/t20-/m1/s1. The Morgan fingerprint density at radius 3 is 2.63 bits per heavy atom. The Morgan fingerprint density at radius 2 is 1.93 bits per heavy atom. The zero-order valence-electron chi connectivity index (χ0n) is 15.7. The van der Waals surface area contributed by atoms with Gasteiger partial charge in [0.05, 0.1) is 12.6 Å². The molecule has 27 heavy (non-hydrogen) atoms. The maximum Gasteiger partial charge on any atom is 0.235 e. The van der Waals surface area contributed by atoms with Gasteiger partial charge >= 0.3 is 0 Å². The highest BCUT2D eigenvalue weighted by Crippen LogP contribution is 2.39. The third kappa shape index (κ3) is 4.18. The molecule has 1 saturated heterocycles. The molecule has 0 spiro atoms. The number of nitrogens with zero attached hydrogens (tertiary/aromatic N) is 3. The fourth-order valence-corrected chi connectivity index (χ4v) is 3.82. The van der Waals surface area contributed by atoms with E-state index in [9.17, 15) is 10.1 Å². The summed E-state index contributed by atoms with van der Waals surface area (Å²) in [5.74, 6) is 1.89. The fraction of sp³-hybridized carbons (Fsp3) is 0.600. The smallest absolute Gasteiger partial charge is 0.235 e. The summed E-state index contributed by atoms with van der Waals surface area (Å²) < 4.78 is 10.8. The predicted molar refractivity (Wildman–Crippen MR) is 99.2 cm³/mol. The monoisotopic (exact) mass is 370 g/mol. The molecule has 0 radical (unpaired) electrons. The maximum atomic E-state index is 12.4. The lowest BCUT2D eigenvalue weighted by Crippen LogP contribution is -2.53. The van der Waals surface area contributed by atoms with Crippen LogP contribution in [-0.2, 0) is 11.3 Å². The molecule has 0 unspecified atom stereocenters. The van der Waals surface area contributed by atoms with Crippen LogP contribution in [-0.4, -0.2) is 60.8 Å². The van der Waals surface area contributed by atoms with Gasteiger partial charge in [-0.05, 0) is 43.4 Å².